The zero-order chi connectivity index (χ0) is 32.6. The molecular formula is C32H35Cl2N7O3S. The van der Waals surface area contributed by atoms with Crippen LogP contribution in [0.5, 0.6) is 0 Å². The first-order valence-electron chi connectivity index (χ1n) is 14.2. The number of halogens is 2. The van der Waals surface area contributed by atoms with Crippen LogP contribution in [0.2, 0.25) is 10.0 Å². The minimum Gasteiger partial charge on any atom is -0.306 e. The monoisotopic (exact) mass is 667 g/mol. The zero-order valence-electron chi connectivity index (χ0n) is 25.2. The quantitative estimate of drug-likeness (QED) is 0.112. The summed E-state index contributed by atoms with van der Waals surface area (Å²) in [6.45, 7) is 6.47. The SMILES string of the molecule is C=C(/N=N\NC)NC(=O)c1ccc(Cn2nc(-c3cc(Cl)cc(Cl)c3)cc2C(CC)CCN(C)S(=O)(=O)c2ccccc2)cc1. The molecule has 0 aliphatic carbocycles. The second kappa shape index (κ2) is 15.3. The predicted molar refractivity (Wildman–Crippen MR) is 178 cm³/mol. The molecule has 1 heterocycles. The van der Waals surface area contributed by atoms with Gasteiger partial charge in [0, 0.05) is 53.4 Å². The van der Waals surface area contributed by atoms with E-state index in [1.165, 1.54) is 4.31 Å². The molecule has 1 atom stereocenters. The fourth-order valence-electron chi connectivity index (χ4n) is 4.79. The molecular weight excluding hydrogens is 633 g/mol. The van der Waals surface area contributed by atoms with E-state index >= 15 is 0 Å². The van der Waals surface area contributed by atoms with E-state index in [-0.39, 0.29) is 22.5 Å². The molecule has 0 aliphatic rings. The van der Waals surface area contributed by atoms with Crippen molar-refractivity contribution in [1.29, 1.82) is 0 Å². The van der Waals surface area contributed by atoms with Gasteiger partial charge in [-0.3, -0.25) is 14.9 Å². The summed E-state index contributed by atoms with van der Waals surface area (Å²) in [5.41, 5.74) is 6.26. The number of aromatic nitrogens is 2. The number of sulfonamides is 1. The molecule has 0 bridgehead atoms. The molecule has 3 aromatic carbocycles. The molecule has 1 unspecified atom stereocenters. The highest BCUT2D eigenvalue weighted by Gasteiger charge is 2.24. The maximum atomic E-state index is 13.1. The summed E-state index contributed by atoms with van der Waals surface area (Å²) in [7, 11) is -0.436. The Morgan fingerprint density at radius 3 is 2.33 bits per heavy atom. The van der Waals surface area contributed by atoms with Crippen LogP contribution in [0.4, 0.5) is 0 Å². The third-order valence-electron chi connectivity index (χ3n) is 7.20. The lowest BCUT2D eigenvalue weighted by atomic mass is 9.97. The van der Waals surface area contributed by atoms with Crippen molar-refractivity contribution in [3.63, 3.8) is 0 Å². The molecule has 1 amide bonds. The number of rotatable bonds is 14. The molecule has 13 heteroatoms. The van der Waals surface area contributed by atoms with Crippen LogP contribution in [0.15, 0.2) is 106 Å². The van der Waals surface area contributed by atoms with Crippen LogP contribution in [-0.4, -0.2) is 49.1 Å². The Hall–Kier alpha value is -4.03. The summed E-state index contributed by atoms with van der Waals surface area (Å²) < 4.78 is 29.6. The number of carbonyl (C=O) groups excluding carboxylic acids is 1. The first-order chi connectivity index (χ1) is 21.5. The average molecular weight is 669 g/mol. The van der Waals surface area contributed by atoms with Gasteiger partial charge in [0.15, 0.2) is 0 Å². The molecule has 4 rings (SSSR count). The van der Waals surface area contributed by atoms with Crippen molar-refractivity contribution in [3.8, 4) is 11.3 Å². The van der Waals surface area contributed by atoms with E-state index in [2.05, 4.69) is 34.6 Å². The average Bonchev–Trinajstić information content (AvgIpc) is 3.44. The smallest absolute Gasteiger partial charge is 0.256 e. The van der Waals surface area contributed by atoms with Crippen LogP contribution in [0.1, 0.15) is 47.3 Å². The van der Waals surface area contributed by atoms with Crippen LogP contribution in [-0.2, 0) is 16.6 Å². The molecule has 1 aromatic heterocycles. The van der Waals surface area contributed by atoms with Crippen LogP contribution < -0.4 is 10.7 Å². The van der Waals surface area contributed by atoms with Crippen molar-refractivity contribution in [1.82, 2.24) is 24.8 Å². The second-order valence-electron chi connectivity index (χ2n) is 10.3. The molecule has 0 spiro atoms. The molecule has 0 aliphatic heterocycles. The standard InChI is InChI=1S/C32H35Cl2N7O3S/c1-5-24(15-16-40(4)45(43,44)29-9-7-6-8-10-29)31-20-30(26-17-27(33)19-28(34)18-26)38-41(31)21-23-11-13-25(14-12-23)32(42)36-22(2)37-39-35-3/h6-14,17-20,24H,2,5,15-16,21H2,1,3-4H3,(H,35,37)(H,36,42). The molecule has 0 radical (unpaired) electrons. The van der Waals surface area contributed by atoms with Crippen molar-refractivity contribution in [2.45, 2.75) is 37.1 Å². The van der Waals surface area contributed by atoms with Gasteiger partial charge in [0.1, 0.15) is 5.82 Å². The van der Waals surface area contributed by atoms with Crippen LogP contribution in [0, 0.1) is 0 Å². The Labute approximate surface area is 273 Å². The third-order valence-corrected chi connectivity index (χ3v) is 9.51. The highest BCUT2D eigenvalue weighted by molar-refractivity contribution is 7.89. The van der Waals surface area contributed by atoms with Crippen LogP contribution in [0.25, 0.3) is 11.3 Å². The van der Waals surface area contributed by atoms with E-state index in [0.29, 0.717) is 40.8 Å². The molecule has 45 heavy (non-hydrogen) atoms. The summed E-state index contributed by atoms with van der Waals surface area (Å²) in [6, 6.07) is 22.8. The summed E-state index contributed by atoms with van der Waals surface area (Å²) in [6.07, 6.45) is 1.34. The highest BCUT2D eigenvalue weighted by atomic mass is 35.5. The highest BCUT2D eigenvalue weighted by Crippen LogP contribution is 2.32. The number of nitrogens with zero attached hydrogens (tertiary/aromatic N) is 5. The van der Waals surface area contributed by atoms with Gasteiger partial charge in [-0.1, -0.05) is 72.3 Å². The lowest BCUT2D eigenvalue weighted by Crippen LogP contribution is -2.29. The topological polar surface area (TPSA) is 121 Å². The summed E-state index contributed by atoms with van der Waals surface area (Å²) in [5, 5.41) is 15.8. The van der Waals surface area contributed by atoms with Crippen LogP contribution in [0.3, 0.4) is 0 Å². The largest absolute Gasteiger partial charge is 0.306 e. The van der Waals surface area contributed by atoms with E-state index in [1.807, 2.05) is 35.0 Å². The van der Waals surface area contributed by atoms with E-state index in [9.17, 15) is 13.2 Å². The van der Waals surface area contributed by atoms with Gasteiger partial charge in [-0.2, -0.15) is 5.10 Å². The number of nitrogens with one attached hydrogen (secondary N) is 2. The minimum atomic E-state index is -3.63. The molecule has 236 valence electrons. The van der Waals surface area contributed by atoms with E-state index < -0.39 is 10.0 Å². The summed E-state index contributed by atoms with van der Waals surface area (Å²) >= 11 is 12.6. The van der Waals surface area contributed by atoms with Crippen LogP contribution >= 0.6 is 23.2 Å². The van der Waals surface area contributed by atoms with Gasteiger partial charge in [-0.15, -0.1) is 5.11 Å². The van der Waals surface area contributed by atoms with Crippen molar-refractivity contribution < 1.29 is 13.2 Å². The summed E-state index contributed by atoms with van der Waals surface area (Å²) in [5.74, 6) is -0.250. The minimum absolute atomic E-state index is 0.00262. The van der Waals surface area contributed by atoms with Gasteiger partial charge in [-0.05, 0) is 66.9 Å². The van der Waals surface area contributed by atoms with Gasteiger partial charge in [0.05, 0.1) is 17.1 Å². The normalized spacial score (nSPS) is 12.4. The van der Waals surface area contributed by atoms with Gasteiger partial charge >= 0.3 is 0 Å². The molecule has 10 nitrogen and oxygen atoms in total. The maximum Gasteiger partial charge on any atom is 0.256 e. The molecule has 4 aromatic rings. The fourth-order valence-corrected chi connectivity index (χ4v) is 6.53. The first-order valence-corrected chi connectivity index (χ1v) is 16.4. The van der Waals surface area contributed by atoms with Gasteiger partial charge in [0.2, 0.25) is 10.0 Å². The first kappa shape index (κ1) is 33.9. The van der Waals surface area contributed by atoms with Crippen molar-refractivity contribution in [2.24, 2.45) is 10.3 Å². The Balaban J connectivity index is 1.60. The number of amides is 1. The molecule has 0 saturated carbocycles. The lowest BCUT2D eigenvalue weighted by molar-refractivity contribution is 0.0965. The molecule has 0 fully saturated rings. The third kappa shape index (κ3) is 8.79. The number of hydrogen-bond donors (Lipinski definition) is 2. The van der Waals surface area contributed by atoms with E-state index in [4.69, 9.17) is 28.3 Å². The fraction of sp³-hybridized carbons (Fsp3) is 0.250. The number of hydrogen-bond acceptors (Lipinski definition) is 6. The predicted octanol–water partition coefficient (Wildman–Crippen LogP) is 6.90. The van der Waals surface area contributed by atoms with Gasteiger partial charge in [-0.25, -0.2) is 12.7 Å². The summed E-state index contributed by atoms with van der Waals surface area (Å²) in [4.78, 5) is 12.9. The second-order valence-corrected chi connectivity index (χ2v) is 13.2. The molecule has 2 N–H and O–H groups in total. The Morgan fingerprint density at radius 1 is 1.04 bits per heavy atom. The lowest BCUT2D eigenvalue weighted by Gasteiger charge is -2.22. The van der Waals surface area contributed by atoms with E-state index in [0.717, 1.165) is 23.2 Å². The van der Waals surface area contributed by atoms with Crippen molar-refractivity contribution in [3.05, 3.63) is 118 Å². The maximum absolute atomic E-state index is 13.1. The van der Waals surface area contributed by atoms with Gasteiger partial charge < -0.3 is 5.32 Å². The van der Waals surface area contributed by atoms with Gasteiger partial charge in [0.25, 0.3) is 5.91 Å². The Bertz CT molecular complexity index is 1760. The zero-order valence-corrected chi connectivity index (χ0v) is 27.6. The van der Waals surface area contributed by atoms with E-state index in [1.54, 1.807) is 62.6 Å². The number of carbonyl (C=O) groups is 1. The molecule has 0 saturated heterocycles. The van der Waals surface area contributed by atoms with Crippen molar-refractivity contribution in [2.75, 3.05) is 20.6 Å². The van der Waals surface area contributed by atoms with Crippen molar-refractivity contribution >= 4 is 39.1 Å². The number of benzene rings is 3. The Kier molecular flexibility index (Phi) is 11.5. The Morgan fingerprint density at radius 2 is 1.71 bits per heavy atom.